The molecular weight excluding hydrogens is 247 g/mol. The van der Waals surface area contributed by atoms with Gasteiger partial charge in [0, 0.05) is 15.6 Å². The van der Waals surface area contributed by atoms with E-state index in [1.165, 1.54) is 23.5 Å². The zero-order valence-corrected chi connectivity index (χ0v) is 10.2. The van der Waals surface area contributed by atoms with Crippen molar-refractivity contribution in [3.05, 3.63) is 34.7 Å². The molecule has 0 aliphatic heterocycles. The summed E-state index contributed by atoms with van der Waals surface area (Å²) in [5.74, 6) is 0. The molecule has 0 bridgehead atoms. The van der Waals surface area contributed by atoms with Crippen LogP contribution in [0.5, 0.6) is 0 Å². The van der Waals surface area contributed by atoms with Gasteiger partial charge in [0.2, 0.25) is 0 Å². The molecule has 1 atom stereocenters. The topological polar surface area (TPSA) is 12.0 Å². The van der Waals surface area contributed by atoms with Crippen LogP contribution in [0.1, 0.15) is 23.4 Å². The SMILES string of the molecule is CNC(C)c1cc2ccc(C(F)(F)F)cc2s1. The Bertz CT molecular complexity index is 530. The average molecular weight is 259 g/mol. The molecule has 5 heteroatoms. The third-order valence-electron chi connectivity index (χ3n) is 2.73. The summed E-state index contributed by atoms with van der Waals surface area (Å²) < 4.78 is 38.3. The second-order valence-electron chi connectivity index (χ2n) is 3.91. The molecule has 1 heterocycles. The lowest BCUT2D eigenvalue weighted by molar-refractivity contribution is -0.137. The molecule has 0 radical (unpaired) electrons. The summed E-state index contributed by atoms with van der Waals surface area (Å²) in [6.45, 7) is 1.98. The van der Waals surface area contributed by atoms with Crippen LogP contribution in [0.15, 0.2) is 24.3 Å². The summed E-state index contributed by atoms with van der Waals surface area (Å²) >= 11 is 1.40. The van der Waals surface area contributed by atoms with Crippen LogP contribution in [0.2, 0.25) is 0 Å². The number of alkyl halides is 3. The molecule has 0 fully saturated rings. The number of hydrogen-bond donors (Lipinski definition) is 1. The molecule has 17 heavy (non-hydrogen) atoms. The Morgan fingerprint density at radius 2 is 1.94 bits per heavy atom. The van der Waals surface area contributed by atoms with E-state index in [9.17, 15) is 13.2 Å². The lowest BCUT2D eigenvalue weighted by atomic mass is 10.1. The molecule has 0 aliphatic rings. The van der Waals surface area contributed by atoms with E-state index >= 15 is 0 Å². The molecule has 0 saturated heterocycles. The van der Waals surface area contributed by atoms with E-state index < -0.39 is 11.7 Å². The van der Waals surface area contributed by atoms with Crippen molar-refractivity contribution in [2.45, 2.75) is 19.1 Å². The summed E-state index contributed by atoms with van der Waals surface area (Å²) in [6.07, 6.45) is -4.27. The van der Waals surface area contributed by atoms with Crippen LogP contribution >= 0.6 is 11.3 Å². The zero-order valence-electron chi connectivity index (χ0n) is 9.43. The highest BCUT2D eigenvalue weighted by atomic mass is 32.1. The maximum atomic E-state index is 12.5. The minimum Gasteiger partial charge on any atom is -0.313 e. The predicted molar refractivity (Wildman–Crippen MR) is 64.3 cm³/mol. The fourth-order valence-electron chi connectivity index (χ4n) is 1.58. The van der Waals surface area contributed by atoms with Crippen LogP contribution in [-0.2, 0) is 6.18 Å². The molecule has 1 aromatic heterocycles. The minimum absolute atomic E-state index is 0.154. The van der Waals surface area contributed by atoms with Crippen LogP contribution in [-0.4, -0.2) is 7.05 Å². The zero-order chi connectivity index (χ0) is 12.6. The number of thiophene rings is 1. The number of rotatable bonds is 2. The van der Waals surface area contributed by atoms with Gasteiger partial charge in [0.1, 0.15) is 0 Å². The summed E-state index contributed by atoms with van der Waals surface area (Å²) in [4.78, 5) is 1.04. The third kappa shape index (κ3) is 2.45. The van der Waals surface area contributed by atoms with Gasteiger partial charge in [-0.1, -0.05) is 6.07 Å². The highest BCUT2D eigenvalue weighted by molar-refractivity contribution is 7.19. The van der Waals surface area contributed by atoms with Crippen molar-refractivity contribution in [3.8, 4) is 0 Å². The molecule has 1 nitrogen and oxygen atoms in total. The summed E-state index contributed by atoms with van der Waals surface area (Å²) in [6, 6.07) is 5.96. The van der Waals surface area contributed by atoms with Crippen molar-refractivity contribution < 1.29 is 13.2 Å². The molecule has 0 aliphatic carbocycles. The van der Waals surface area contributed by atoms with E-state index in [4.69, 9.17) is 0 Å². The van der Waals surface area contributed by atoms with Gasteiger partial charge >= 0.3 is 6.18 Å². The van der Waals surface area contributed by atoms with Crippen LogP contribution in [0.25, 0.3) is 10.1 Å². The Balaban J connectivity index is 2.48. The fourth-order valence-corrected chi connectivity index (χ4v) is 2.75. The third-order valence-corrected chi connectivity index (χ3v) is 4.01. The van der Waals surface area contributed by atoms with E-state index in [1.807, 2.05) is 20.0 Å². The first-order valence-electron chi connectivity index (χ1n) is 5.20. The van der Waals surface area contributed by atoms with Gasteiger partial charge in [0.05, 0.1) is 5.56 Å². The number of benzene rings is 1. The van der Waals surface area contributed by atoms with Crippen molar-refractivity contribution in [2.24, 2.45) is 0 Å². The standard InChI is InChI=1S/C12H12F3NS/c1-7(16-2)10-5-8-3-4-9(12(13,14)15)6-11(8)17-10/h3-7,16H,1-2H3. The summed E-state index contributed by atoms with van der Waals surface area (Å²) in [7, 11) is 1.83. The van der Waals surface area contributed by atoms with Crippen molar-refractivity contribution >= 4 is 21.4 Å². The van der Waals surface area contributed by atoms with Crippen molar-refractivity contribution in [3.63, 3.8) is 0 Å². The molecule has 2 rings (SSSR count). The van der Waals surface area contributed by atoms with Gasteiger partial charge in [-0.2, -0.15) is 13.2 Å². The molecule has 2 aromatic rings. The van der Waals surface area contributed by atoms with Crippen molar-refractivity contribution in [1.82, 2.24) is 5.32 Å². The Morgan fingerprint density at radius 3 is 2.53 bits per heavy atom. The molecule has 1 unspecified atom stereocenters. The van der Waals surface area contributed by atoms with Crippen LogP contribution in [0.3, 0.4) is 0 Å². The molecule has 0 spiro atoms. The van der Waals surface area contributed by atoms with Gasteiger partial charge in [0.15, 0.2) is 0 Å². The van der Waals surface area contributed by atoms with Gasteiger partial charge in [-0.25, -0.2) is 0 Å². The van der Waals surface area contributed by atoms with Gasteiger partial charge < -0.3 is 5.32 Å². The fraction of sp³-hybridized carbons (Fsp3) is 0.333. The quantitative estimate of drug-likeness (QED) is 0.852. The first-order valence-corrected chi connectivity index (χ1v) is 6.01. The predicted octanol–water partition coefficient (Wildman–Crippen LogP) is 4.20. The van der Waals surface area contributed by atoms with E-state index in [-0.39, 0.29) is 6.04 Å². The molecule has 1 aromatic carbocycles. The number of nitrogens with one attached hydrogen (secondary N) is 1. The summed E-state index contributed by atoms with van der Waals surface area (Å²) in [5.41, 5.74) is -0.587. The lowest BCUT2D eigenvalue weighted by Gasteiger charge is -2.05. The Morgan fingerprint density at radius 1 is 1.24 bits per heavy atom. The first-order chi connectivity index (χ1) is 7.91. The average Bonchev–Trinajstić information content (AvgIpc) is 2.69. The number of fused-ring (bicyclic) bond motifs is 1. The van der Waals surface area contributed by atoms with Crippen LogP contribution < -0.4 is 5.32 Å². The van der Waals surface area contributed by atoms with E-state index in [2.05, 4.69) is 5.32 Å². The maximum Gasteiger partial charge on any atom is 0.416 e. The second kappa shape index (κ2) is 4.31. The molecule has 1 N–H and O–H groups in total. The van der Waals surface area contributed by atoms with E-state index in [1.54, 1.807) is 0 Å². The van der Waals surface area contributed by atoms with Crippen LogP contribution in [0.4, 0.5) is 13.2 Å². The monoisotopic (exact) mass is 259 g/mol. The first kappa shape index (κ1) is 12.4. The largest absolute Gasteiger partial charge is 0.416 e. The van der Waals surface area contributed by atoms with Crippen LogP contribution in [0, 0.1) is 0 Å². The van der Waals surface area contributed by atoms with Gasteiger partial charge in [-0.05, 0) is 37.6 Å². The summed E-state index contributed by atoms with van der Waals surface area (Å²) in [5, 5.41) is 3.94. The number of halogens is 3. The molecule has 0 amide bonds. The normalized spacial score (nSPS) is 14.2. The highest BCUT2D eigenvalue weighted by Gasteiger charge is 2.30. The molecular formula is C12H12F3NS. The minimum atomic E-state index is -4.27. The smallest absolute Gasteiger partial charge is 0.313 e. The Kier molecular flexibility index (Phi) is 3.14. The van der Waals surface area contributed by atoms with Gasteiger partial charge in [-0.3, -0.25) is 0 Å². The van der Waals surface area contributed by atoms with E-state index in [0.29, 0.717) is 4.70 Å². The number of hydrogen-bond acceptors (Lipinski definition) is 2. The van der Waals surface area contributed by atoms with Gasteiger partial charge in [-0.15, -0.1) is 11.3 Å². The molecule has 92 valence electrons. The molecule has 0 saturated carbocycles. The highest BCUT2D eigenvalue weighted by Crippen LogP contribution is 2.35. The maximum absolute atomic E-state index is 12.5. The Labute approximate surface area is 101 Å². The lowest BCUT2D eigenvalue weighted by Crippen LogP contribution is -2.10. The van der Waals surface area contributed by atoms with Crippen molar-refractivity contribution in [1.29, 1.82) is 0 Å². The van der Waals surface area contributed by atoms with Gasteiger partial charge in [0.25, 0.3) is 0 Å². The van der Waals surface area contributed by atoms with Crippen molar-refractivity contribution in [2.75, 3.05) is 7.05 Å². The van der Waals surface area contributed by atoms with E-state index in [0.717, 1.165) is 16.3 Å². The second-order valence-corrected chi connectivity index (χ2v) is 5.02. The Hall–Kier alpha value is -1.07.